The molecule has 6 heteroatoms. The molecule has 0 aliphatic heterocycles. The summed E-state index contributed by atoms with van der Waals surface area (Å²) in [5.74, 6) is 0.721. The zero-order chi connectivity index (χ0) is 18.7. The Bertz CT molecular complexity index is 1030. The Morgan fingerprint density at radius 3 is 2.65 bits per heavy atom. The number of hydrogen-bond donors (Lipinski definition) is 0. The van der Waals surface area contributed by atoms with Gasteiger partial charge in [0.15, 0.2) is 5.16 Å². The zero-order valence-corrected chi connectivity index (χ0v) is 16.8. The van der Waals surface area contributed by atoms with Crippen LogP contribution in [0.1, 0.15) is 41.3 Å². The smallest absolute Gasteiger partial charge is 0.263 e. The minimum atomic E-state index is 0.0765. The molecule has 0 fully saturated rings. The van der Waals surface area contributed by atoms with E-state index in [-0.39, 0.29) is 5.56 Å². The van der Waals surface area contributed by atoms with Crippen LogP contribution in [0.4, 0.5) is 0 Å². The number of unbranched alkanes of at least 4 members (excludes halogenated alkanes) is 1. The number of nitriles is 1. The maximum Gasteiger partial charge on any atom is 0.263 e. The van der Waals surface area contributed by atoms with Gasteiger partial charge < -0.3 is 0 Å². The molecule has 0 saturated carbocycles. The quantitative estimate of drug-likeness (QED) is 0.442. The van der Waals surface area contributed by atoms with Crippen LogP contribution in [0.2, 0.25) is 0 Å². The fraction of sp³-hybridized carbons (Fsp3) is 0.350. The number of hydrogen-bond acceptors (Lipinski definition) is 5. The SMILES string of the molecule is CCCCn1c(SCc2ccc(C#N)cc2)nc2sc(C)c(C)c2c1=O. The Morgan fingerprint density at radius 1 is 1.27 bits per heavy atom. The molecule has 26 heavy (non-hydrogen) atoms. The summed E-state index contributed by atoms with van der Waals surface area (Å²) in [6.45, 7) is 6.87. The van der Waals surface area contributed by atoms with Crippen LogP contribution in [0.5, 0.6) is 0 Å². The first kappa shape index (κ1) is 18.7. The van der Waals surface area contributed by atoms with Gasteiger partial charge in [-0.15, -0.1) is 11.3 Å². The van der Waals surface area contributed by atoms with Crippen LogP contribution in [-0.4, -0.2) is 9.55 Å². The number of nitrogens with zero attached hydrogens (tertiary/aromatic N) is 3. The Labute approximate surface area is 161 Å². The number of thiophene rings is 1. The zero-order valence-electron chi connectivity index (χ0n) is 15.2. The van der Waals surface area contributed by atoms with Crippen molar-refractivity contribution in [1.82, 2.24) is 9.55 Å². The second-order valence-corrected chi connectivity index (χ2v) is 8.41. The summed E-state index contributed by atoms with van der Waals surface area (Å²) in [5, 5.41) is 10.5. The molecule has 0 amide bonds. The van der Waals surface area contributed by atoms with E-state index in [0.29, 0.717) is 12.1 Å². The highest BCUT2D eigenvalue weighted by atomic mass is 32.2. The highest BCUT2D eigenvalue weighted by Crippen LogP contribution is 2.29. The Balaban J connectivity index is 1.97. The highest BCUT2D eigenvalue weighted by molar-refractivity contribution is 7.98. The average Bonchev–Trinajstić information content (AvgIpc) is 2.94. The van der Waals surface area contributed by atoms with Gasteiger partial charge in [-0.25, -0.2) is 4.98 Å². The van der Waals surface area contributed by atoms with E-state index < -0.39 is 0 Å². The number of thioether (sulfide) groups is 1. The van der Waals surface area contributed by atoms with E-state index in [1.54, 1.807) is 23.1 Å². The minimum absolute atomic E-state index is 0.0765. The molecule has 0 aliphatic rings. The van der Waals surface area contributed by atoms with Gasteiger partial charge in [-0.2, -0.15) is 5.26 Å². The van der Waals surface area contributed by atoms with Crippen molar-refractivity contribution in [2.24, 2.45) is 0 Å². The van der Waals surface area contributed by atoms with E-state index in [0.717, 1.165) is 50.0 Å². The molecule has 0 bridgehead atoms. The van der Waals surface area contributed by atoms with Crippen molar-refractivity contribution in [3.05, 3.63) is 56.2 Å². The normalized spacial score (nSPS) is 11.0. The minimum Gasteiger partial charge on any atom is -0.287 e. The summed E-state index contributed by atoms with van der Waals surface area (Å²) in [6, 6.07) is 9.69. The molecule has 1 aromatic carbocycles. The fourth-order valence-electron chi connectivity index (χ4n) is 2.76. The molecule has 0 atom stereocenters. The molecule has 0 aliphatic carbocycles. The first-order valence-electron chi connectivity index (χ1n) is 8.67. The van der Waals surface area contributed by atoms with E-state index in [1.807, 2.05) is 42.7 Å². The van der Waals surface area contributed by atoms with Gasteiger partial charge in [0, 0.05) is 17.2 Å². The standard InChI is InChI=1S/C20H21N3OS2/c1-4-5-10-23-19(24)17-13(2)14(3)26-18(17)22-20(23)25-12-16-8-6-15(11-21)7-9-16/h6-9H,4-5,10,12H2,1-3H3. The summed E-state index contributed by atoms with van der Waals surface area (Å²) in [5.41, 5.74) is 2.90. The van der Waals surface area contributed by atoms with Crippen molar-refractivity contribution in [3.8, 4) is 6.07 Å². The van der Waals surface area contributed by atoms with Gasteiger partial charge in [-0.05, 0) is 43.5 Å². The van der Waals surface area contributed by atoms with Gasteiger partial charge >= 0.3 is 0 Å². The molecule has 4 nitrogen and oxygen atoms in total. The molecule has 0 radical (unpaired) electrons. The molecule has 3 rings (SSSR count). The number of aryl methyl sites for hydroxylation is 2. The van der Waals surface area contributed by atoms with E-state index in [1.165, 1.54) is 0 Å². The van der Waals surface area contributed by atoms with E-state index in [4.69, 9.17) is 10.2 Å². The lowest BCUT2D eigenvalue weighted by Gasteiger charge is -2.12. The van der Waals surface area contributed by atoms with Gasteiger partial charge in [0.25, 0.3) is 5.56 Å². The third kappa shape index (κ3) is 3.69. The molecule has 2 aromatic heterocycles. The summed E-state index contributed by atoms with van der Waals surface area (Å²) < 4.78 is 1.83. The lowest BCUT2D eigenvalue weighted by atomic mass is 10.2. The van der Waals surface area contributed by atoms with E-state index in [9.17, 15) is 4.79 Å². The topological polar surface area (TPSA) is 58.7 Å². The first-order valence-corrected chi connectivity index (χ1v) is 10.5. The number of aromatic nitrogens is 2. The van der Waals surface area contributed by atoms with Crippen molar-refractivity contribution < 1.29 is 0 Å². The van der Waals surface area contributed by atoms with Crippen LogP contribution in [0.15, 0.2) is 34.2 Å². The van der Waals surface area contributed by atoms with Crippen molar-refractivity contribution in [1.29, 1.82) is 5.26 Å². The lowest BCUT2D eigenvalue weighted by Crippen LogP contribution is -2.23. The molecule has 3 aromatic rings. The van der Waals surface area contributed by atoms with Gasteiger partial charge in [-0.3, -0.25) is 9.36 Å². The number of benzene rings is 1. The molecular formula is C20H21N3OS2. The lowest BCUT2D eigenvalue weighted by molar-refractivity contribution is 0.558. The second-order valence-electron chi connectivity index (χ2n) is 6.27. The third-order valence-electron chi connectivity index (χ3n) is 4.44. The van der Waals surface area contributed by atoms with Crippen molar-refractivity contribution >= 4 is 33.3 Å². The maximum absolute atomic E-state index is 13.1. The molecular weight excluding hydrogens is 362 g/mol. The van der Waals surface area contributed by atoms with Crippen LogP contribution < -0.4 is 5.56 Å². The summed E-state index contributed by atoms with van der Waals surface area (Å²) >= 11 is 3.18. The average molecular weight is 384 g/mol. The van der Waals surface area contributed by atoms with Gasteiger partial charge in [0.1, 0.15) is 4.83 Å². The number of fused-ring (bicyclic) bond motifs is 1. The van der Waals surface area contributed by atoms with Gasteiger partial charge in [-0.1, -0.05) is 37.2 Å². The predicted molar refractivity (Wildman–Crippen MR) is 109 cm³/mol. The summed E-state index contributed by atoms with van der Waals surface area (Å²) in [6.07, 6.45) is 1.99. The third-order valence-corrected chi connectivity index (χ3v) is 6.59. The summed E-state index contributed by atoms with van der Waals surface area (Å²) in [4.78, 5) is 19.9. The van der Waals surface area contributed by atoms with Gasteiger partial charge in [0.2, 0.25) is 0 Å². The van der Waals surface area contributed by atoms with Crippen LogP contribution in [0.25, 0.3) is 10.2 Å². The van der Waals surface area contributed by atoms with Crippen molar-refractivity contribution in [3.63, 3.8) is 0 Å². The molecule has 2 heterocycles. The summed E-state index contributed by atoms with van der Waals surface area (Å²) in [7, 11) is 0. The van der Waals surface area contributed by atoms with Crippen molar-refractivity contribution in [2.45, 2.75) is 51.1 Å². The van der Waals surface area contributed by atoms with E-state index in [2.05, 4.69) is 13.0 Å². The largest absolute Gasteiger partial charge is 0.287 e. The molecule has 0 unspecified atom stereocenters. The Morgan fingerprint density at radius 2 is 2.00 bits per heavy atom. The fourth-order valence-corrected chi connectivity index (χ4v) is 4.81. The Hall–Kier alpha value is -2.10. The highest BCUT2D eigenvalue weighted by Gasteiger charge is 2.16. The van der Waals surface area contributed by atoms with E-state index >= 15 is 0 Å². The van der Waals surface area contributed by atoms with Crippen LogP contribution in [-0.2, 0) is 12.3 Å². The Kier molecular flexibility index (Phi) is 5.80. The second kappa shape index (κ2) is 8.07. The van der Waals surface area contributed by atoms with Crippen LogP contribution in [0.3, 0.4) is 0 Å². The first-order chi connectivity index (χ1) is 12.5. The predicted octanol–water partition coefficient (Wildman–Crippen LogP) is 5.04. The van der Waals surface area contributed by atoms with Crippen LogP contribution in [0, 0.1) is 25.2 Å². The molecule has 134 valence electrons. The van der Waals surface area contributed by atoms with Crippen LogP contribution >= 0.6 is 23.1 Å². The number of rotatable bonds is 6. The monoisotopic (exact) mass is 383 g/mol. The molecule has 0 saturated heterocycles. The molecule has 0 spiro atoms. The van der Waals surface area contributed by atoms with Gasteiger partial charge in [0.05, 0.1) is 17.0 Å². The molecule has 0 N–H and O–H groups in total. The maximum atomic E-state index is 13.1. The van der Waals surface area contributed by atoms with Crippen molar-refractivity contribution in [2.75, 3.05) is 0 Å².